The lowest BCUT2D eigenvalue weighted by atomic mass is 9.93. The number of para-hydroxylation sites is 2. The van der Waals surface area contributed by atoms with E-state index in [-0.39, 0.29) is 0 Å². The van der Waals surface area contributed by atoms with E-state index >= 15 is 0 Å². The molecule has 0 atom stereocenters. The third kappa shape index (κ3) is 10.7. The molecule has 0 saturated heterocycles. The van der Waals surface area contributed by atoms with Gasteiger partial charge in [-0.15, -0.1) is 0 Å². The van der Waals surface area contributed by atoms with Crippen molar-refractivity contribution in [3.63, 3.8) is 0 Å². The Bertz CT molecular complexity index is 6040. The minimum absolute atomic E-state index is 0.496. The lowest BCUT2D eigenvalue weighted by molar-refractivity contribution is 1.07. The summed E-state index contributed by atoms with van der Waals surface area (Å²) < 4.78 is 4.73. The molecular weight excluding hydrogens is 1230 g/mol. The van der Waals surface area contributed by atoms with Gasteiger partial charge in [-0.3, -0.25) is 0 Å². The Balaban J connectivity index is 0.900. The number of nitriles is 1. The average Bonchev–Trinajstić information content (AvgIpc) is 1.54. The summed E-state index contributed by atoms with van der Waals surface area (Å²) in [6.45, 7) is 0. The van der Waals surface area contributed by atoms with Crippen molar-refractivity contribution in [1.82, 2.24) is 54.0 Å². The first-order chi connectivity index (χ1) is 49.5. The summed E-state index contributed by atoms with van der Waals surface area (Å²) in [6, 6.07) is 114. The quantitative estimate of drug-likeness (QED) is 0.109. The number of hydrogen-bond acceptors (Lipinski definition) is 10. The van der Waals surface area contributed by atoms with Crippen LogP contribution in [0.15, 0.2) is 328 Å². The molecule has 5 aromatic heterocycles. The summed E-state index contributed by atoms with van der Waals surface area (Å²) in [5, 5.41) is 14.9. The first kappa shape index (κ1) is 58.5. The molecule has 0 aliphatic rings. The molecule has 12 heteroatoms. The Hall–Kier alpha value is -14.0. The van der Waals surface area contributed by atoms with Gasteiger partial charge in [-0.25, -0.2) is 44.9 Å². The molecule has 0 aliphatic carbocycles. The van der Waals surface area contributed by atoms with Gasteiger partial charge in [0, 0.05) is 82.7 Å². The smallest absolute Gasteiger partial charge is 0.164 e. The highest BCUT2D eigenvalue weighted by Crippen LogP contribution is 2.45. The van der Waals surface area contributed by atoms with Gasteiger partial charge in [0.15, 0.2) is 52.4 Å². The molecule has 100 heavy (non-hydrogen) atoms. The molecule has 0 radical (unpaired) electrons. The number of rotatable bonds is 13. The van der Waals surface area contributed by atoms with Crippen LogP contribution in [0.5, 0.6) is 0 Å². The van der Waals surface area contributed by atoms with E-state index in [1.807, 2.05) is 206 Å². The predicted molar refractivity (Wildman–Crippen MR) is 400 cm³/mol. The summed E-state index contributed by atoms with van der Waals surface area (Å²) in [6.07, 6.45) is 0. The van der Waals surface area contributed by atoms with Gasteiger partial charge in [0.2, 0.25) is 0 Å². The van der Waals surface area contributed by atoms with Gasteiger partial charge < -0.3 is 9.13 Å². The second kappa shape index (κ2) is 25.0. The zero-order valence-electron chi connectivity index (χ0n) is 53.5. The molecule has 12 nitrogen and oxygen atoms in total. The van der Waals surface area contributed by atoms with Gasteiger partial charge in [-0.05, 0) is 96.1 Å². The fourth-order valence-corrected chi connectivity index (χ4v) is 13.6. The molecule has 0 unspecified atom stereocenters. The monoisotopic (exact) mass is 1280 g/mol. The molecule has 0 N–H and O–H groups in total. The minimum Gasteiger partial charge on any atom is -0.309 e. The van der Waals surface area contributed by atoms with Crippen molar-refractivity contribution >= 4 is 43.6 Å². The highest BCUT2D eigenvalue weighted by atomic mass is 15.1. The van der Waals surface area contributed by atoms with E-state index in [0.29, 0.717) is 58.0 Å². The molecule has 0 fully saturated rings. The van der Waals surface area contributed by atoms with Crippen molar-refractivity contribution in [3.8, 4) is 142 Å². The lowest BCUT2D eigenvalue weighted by Crippen LogP contribution is -2.04. The highest BCUT2D eigenvalue weighted by molar-refractivity contribution is 6.13. The zero-order chi connectivity index (χ0) is 66.5. The molecule has 5 heterocycles. The van der Waals surface area contributed by atoms with Crippen molar-refractivity contribution < 1.29 is 0 Å². The number of hydrogen-bond donors (Lipinski definition) is 0. The van der Waals surface area contributed by atoms with Crippen molar-refractivity contribution in [2.24, 2.45) is 0 Å². The standard InChI is InChI=1S/C88H54N12/c89-55-66-37-19-20-38-67(66)62-43-47-78(99-74-41-23-21-39-68(74)70-52-63(44-48-76(70)99)86-93-80(56-25-7-1-8-26-56)90-81(94-86)57-27-9-2-10-28-57)72(51-62)73-54-65(88-97-84(60-33-15-5-16-34-60)92-85(98-88)61-35-17-6-18-36-61)46-50-79(73)100-75-42-24-22-40-69(75)71-53-64(45-49-77(71)100)87-95-82(58-29-11-3-12-30-58)91-83(96-87)59-31-13-4-14-32-59/h1-54H. The normalized spacial score (nSPS) is 11.4. The van der Waals surface area contributed by atoms with E-state index in [2.05, 4.69) is 137 Å². The first-order valence-electron chi connectivity index (χ1n) is 33.0. The van der Waals surface area contributed by atoms with Gasteiger partial charge in [0.25, 0.3) is 0 Å². The summed E-state index contributed by atoms with van der Waals surface area (Å²) >= 11 is 0. The first-order valence-corrected chi connectivity index (χ1v) is 33.0. The molecule has 18 aromatic rings. The van der Waals surface area contributed by atoms with Crippen LogP contribution in [0.25, 0.3) is 180 Å². The largest absolute Gasteiger partial charge is 0.309 e. The number of nitrogens with zero attached hydrogens (tertiary/aromatic N) is 12. The molecule has 0 saturated carbocycles. The van der Waals surface area contributed by atoms with Crippen LogP contribution in [0.1, 0.15) is 5.56 Å². The van der Waals surface area contributed by atoms with Crippen LogP contribution in [0.4, 0.5) is 0 Å². The maximum absolute atomic E-state index is 10.8. The van der Waals surface area contributed by atoms with E-state index < -0.39 is 0 Å². The van der Waals surface area contributed by atoms with E-state index in [1.165, 1.54) is 0 Å². The van der Waals surface area contributed by atoms with Crippen molar-refractivity contribution in [2.75, 3.05) is 0 Å². The topological polar surface area (TPSA) is 150 Å². The third-order valence-electron chi connectivity index (χ3n) is 18.3. The Morgan fingerprint density at radius 3 is 0.810 bits per heavy atom. The number of fused-ring (bicyclic) bond motifs is 6. The number of aromatic nitrogens is 11. The van der Waals surface area contributed by atoms with Gasteiger partial charge >= 0.3 is 0 Å². The molecule has 18 rings (SSSR count). The van der Waals surface area contributed by atoms with Crippen LogP contribution < -0.4 is 0 Å². The third-order valence-corrected chi connectivity index (χ3v) is 18.3. The van der Waals surface area contributed by atoms with Gasteiger partial charge in [0.1, 0.15) is 0 Å². The van der Waals surface area contributed by atoms with Crippen LogP contribution in [0, 0.1) is 11.3 Å². The molecular formula is C88H54N12. The van der Waals surface area contributed by atoms with Crippen LogP contribution in [-0.2, 0) is 0 Å². The Morgan fingerprint density at radius 2 is 0.460 bits per heavy atom. The Morgan fingerprint density at radius 1 is 0.200 bits per heavy atom. The molecule has 13 aromatic carbocycles. The maximum atomic E-state index is 10.8. The van der Waals surface area contributed by atoms with Crippen LogP contribution in [0.2, 0.25) is 0 Å². The van der Waals surface area contributed by atoms with Crippen LogP contribution in [-0.4, -0.2) is 54.0 Å². The molecule has 0 aliphatic heterocycles. The second-order valence-electron chi connectivity index (χ2n) is 24.4. The summed E-state index contributed by atoms with van der Waals surface area (Å²) in [5.41, 5.74) is 17.3. The van der Waals surface area contributed by atoms with Gasteiger partial charge in [0.05, 0.1) is 45.1 Å². The SMILES string of the molecule is N#Cc1ccccc1-c1ccc(-n2c3ccccc3c3cc(-c4nc(-c5ccccc5)nc(-c5ccccc5)n4)ccc32)c(-c2cc(-c3nc(-c4ccccc4)nc(-c4ccccc4)n3)ccc2-n2c3ccccc3c3cc(-c4nc(-c5ccccc5)nc(-c5ccccc5)n4)ccc32)c1. The summed E-state index contributed by atoms with van der Waals surface area (Å²) in [7, 11) is 0. The fourth-order valence-electron chi connectivity index (χ4n) is 13.6. The van der Waals surface area contributed by atoms with Crippen molar-refractivity contribution in [3.05, 3.63) is 333 Å². The zero-order valence-corrected chi connectivity index (χ0v) is 53.5. The maximum Gasteiger partial charge on any atom is 0.164 e. The Labute approximate surface area is 574 Å². The van der Waals surface area contributed by atoms with Crippen LogP contribution in [0.3, 0.4) is 0 Å². The van der Waals surface area contributed by atoms with Crippen molar-refractivity contribution in [1.29, 1.82) is 5.26 Å². The number of benzene rings is 13. The van der Waals surface area contributed by atoms with Crippen LogP contribution >= 0.6 is 0 Å². The average molecular weight is 1280 g/mol. The lowest BCUT2D eigenvalue weighted by Gasteiger charge is -2.21. The predicted octanol–water partition coefficient (Wildman–Crippen LogP) is 20.6. The Kier molecular flexibility index (Phi) is 14.6. The van der Waals surface area contributed by atoms with Crippen molar-refractivity contribution in [2.45, 2.75) is 0 Å². The second-order valence-corrected chi connectivity index (χ2v) is 24.4. The summed E-state index contributed by atoms with van der Waals surface area (Å²) in [4.78, 5) is 46.6. The van der Waals surface area contributed by atoms with E-state index in [9.17, 15) is 5.26 Å². The molecule has 0 bridgehead atoms. The molecule has 466 valence electrons. The van der Waals surface area contributed by atoms with Gasteiger partial charge in [-0.1, -0.05) is 243 Å². The van der Waals surface area contributed by atoms with E-state index in [0.717, 1.165) is 127 Å². The minimum atomic E-state index is 0.496. The van der Waals surface area contributed by atoms with Gasteiger partial charge in [-0.2, -0.15) is 5.26 Å². The highest BCUT2D eigenvalue weighted by Gasteiger charge is 2.26. The van der Waals surface area contributed by atoms with E-state index in [4.69, 9.17) is 44.9 Å². The fraction of sp³-hybridized carbons (Fsp3) is 0. The molecule has 0 amide bonds. The van der Waals surface area contributed by atoms with E-state index in [1.54, 1.807) is 0 Å². The summed E-state index contributed by atoms with van der Waals surface area (Å²) in [5.74, 6) is 5.02. The molecule has 0 spiro atoms.